The minimum absolute atomic E-state index is 0. The van der Waals surface area contributed by atoms with Crippen LogP contribution in [0.25, 0.3) is 5.78 Å². The second-order valence-electron chi connectivity index (χ2n) is 6.67. The van der Waals surface area contributed by atoms with Gasteiger partial charge in [-0.3, -0.25) is 9.30 Å². The molecule has 1 fully saturated rings. The predicted octanol–water partition coefficient (Wildman–Crippen LogP) is 3.05. The van der Waals surface area contributed by atoms with Crippen molar-refractivity contribution < 1.29 is 4.39 Å². The van der Waals surface area contributed by atoms with Gasteiger partial charge >= 0.3 is 0 Å². The van der Waals surface area contributed by atoms with E-state index in [1.165, 1.54) is 6.07 Å². The first-order valence-corrected chi connectivity index (χ1v) is 8.62. The standard InChI is InChI=1S/C19H22FN5.ClH/c1-13-8-14(2)25-17(10-22-19(25)23-13)12-24-7-6-21-11-18(24)15-4-3-5-16(20)9-15;/h3-5,8-10,18,21H,6-7,11-12H2,1-2H3;1H. The molecule has 1 saturated heterocycles. The number of aryl methyl sites for hydroxylation is 2. The Kier molecular flexibility index (Phi) is 5.55. The molecule has 0 aliphatic carbocycles. The predicted molar refractivity (Wildman–Crippen MR) is 102 cm³/mol. The van der Waals surface area contributed by atoms with Gasteiger partial charge in [-0.05, 0) is 37.6 Å². The largest absolute Gasteiger partial charge is 0.314 e. The summed E-state index contributed by atoms with van der Waals surface area (Å²) < 4.78 is 15.8. The Labute approximate surface area is 158 Å². The van der Waals surface area contributed by atoms with Crippen molar-refractivity contribution in [1.82, 2.24) is 24.6 Å². The molecule has 1 N–H and O–H groups in total. The van der Waals surface area contributed by atoms with Crippen LogP contribution in [0.1, 0.15) is 28.7 Å². The van der Waals surface area contributed by atoms with Gasteiger partial charge in [0.1, 0.15) is 5.82 Å². The van der Waals surface area contributed by atoms with Crippen LogP contribution in [0.5, 0.6) is 0 Å². The fraction of sp³-hybridized carbons (Fsp3) is 0.368. The fourth-order valence-corrected chi connectivity index (χ4v) is 3.69. The van der Waals surface area contributed by atoms with Crippen molar-refractivity contribution in [2.75, 3.05) is 19.6 Å². The summed E-state index contributed by atoms with van der Waals surface area (Å²) in [5, 5.41) is 3.42. The van der Waals surface area contributed by atoms with E-state index in [1.54, 1.807) is 12.1 Å². The summed E-state index contributed by atoms with van der Waals surface area (Å²) >= 11 is 0. The second-order valence-corrected chi connectivity index (χ2v) is 6.67. The van der Waals surface area contributed by atoms with Gasteiger partial charge in [0.25, 0.3) is 0 Å². The molecule has 5 nitrogen and oxygen atoms in total. The van der Waals surface area contributed by atoms with E-state index in [0.717, 1.165) is 54.6 Å². The summed E-state index contributed by atoms with van der Waals surface area (Å²) in [6.45, 7) is 7.48. The maximum Gasteiger partial charge on any atom is 0.234 e. The van der Waals surface area contributed by atoms with Gasteiger partial charge < -0.3 is 5.32 Å². The van der Waals surface area contributed by atoms with Crippen LogP contribution in [0.4, 0.5) is 4.39 Å². The molecule has 0 saturated carbocycles. The lowest BCUT2D eigenvalue weighted by molar-refractivity contribution is 0.151. The Morgan fingerprint density at radius 1 is 1.27 bits per heavy atom. The smallest absolute Gasteiger partial charge is 0.234 e. The molecule has 1 atom stereocenters. The van der Waals surface area contributed by atoms with Crippen molar-refractivity contribution in [3.8, 4) is 0 Å². The zero-order valence-electron chi connectivity index (χ0n) is 14.9. The van der Waals surface area contributed by atoms with Crippen molar-refractivity contribution in [2.24, 2.45) is 0 Å². The number of rotatable bonds is 3. The maximum absolute atomic E-state index is 13.7. The highest BCUT2D eigenvalue weighted by Gasteiger charge is 2.25. The summed E-state index contributed by atoms with van der Waals surface area (Å²) in [4.78, 5) is 11.4. The van der Waals surface area contributed by atoms with E-state index in [-0.39, 0.29) is 24.3 Å². The number of aromatic nitrogens is 3. The molecular formula is C19H23ClFN5. The Morgan fingerprint density at radius 3 is 2.92 bits per heavy atom. The molecule has 1 aromatic carbocycles. The first kappa shape index (κ1) is 18.8. The highest BCUT2D eigenvalue weighted by molar-refractivity contribution is 5.85. The second kappa shape index (κ2) is 7.70. The van der Waals surface area contributed by atoms with Crippen LogP contribution >= 0.6 is 12.4 Å². The van der Waals surface area contributed by atoms with Crippen LogP contribution in [-0.2, 0) is 6.54 Å². The van der Waals surface area contributed by atoms with Gasteiger partial charge in [0.2, 0.25) is 5.78 Å². The maximum atomic E-state index is 13.7. The van der Waals surface area contributed by atoms with E-state index in [9.17, 15) is 4.39 Å². The molecule has 1 unspecified atom stereocenters. The van der Waals surface area contributed by atoms with Crippen LogP contribution in [0, 0.1) is 19.7 Å². The Bertz CT molecular complexity index is 910. The van der Waals surface area contributed by atoms with E-state index >= 15 is 0 Å². The first-order valence-electron chi connectivity index (χ1n) is 8.62. The quantitative estimate of drug-likeness (QED) is 0.764. The Hall–Kier alpha value is -2.02. The molecule has 7 heteroatoms. The van der Waals surface area contributed by atoms with Gasteiger partial charge in [-0.15, -0.1) is 12.4 Å². The molecule has 26 heavy (non-hydrogen) atoms. The number of fused-ring (bicyclic) bond motifs is 1. The van der Waals surface area contributed by atoms with Gasteiger partial charge in [-0.1, -0.05) is 12.1 Å². The summed E-state index contributed by atoms with van der Waals surface area (Å²) in [6.07, 6.45) is 1.90. The lowest BCUT2D eigenvalue weighted by Gasteiger charge is -2.36. The summed E-state index contributed by atoms with van der Waals surface area (Å²) in [5.41, 5.74) is 4.23. The zero-order chi connectivity index (χ0) is 17.4. The minimum atomic E-state index is -0.187. The first-order chi connectivity index (χ1) is 12.1. The molecule has 4 rings (SSSR count). The normalized spacial score (nSPS) is 18.0. The third kappa shape index (κ3) is 3.58. The molecule has 0 bridgehead atoms. The average Bonchev–Trinajstić information content (AvgIpc) is 2.98. The number of nitrogens with one attached hydrogen (secondary N) is 1. The number of nitrogens with zero attached hydrogens (tertiary/aromatic N) is 4. The number of hydrogen-bond acceptors (Lipinski definition) is 4. The Balaban J connectivity index is 0.00000196. The molecule has 3 heterocycles. The van der Waals surface area contributed by atoms with Crippen LogP contribution in [0.3, 0.4) is 0 Å². The van der Waals surface area contributed by atoms with E-state index in [2.05, 4.69) is 37.6 Å². The van der Waals surface area contributed by atoms with Crippen molar-refractivity contribution in [2.45, 2.75) is 26.4 Å². The van der Waals surface area contributed by atoms with Gasteiger partial charge in [-0.2, -0.15) is 0 Å². The van der Waals surface area contributed by atoms with Crippen molar-refractivity contribution in [3.63, 3.8) is 0 Å². The van der Waals surface area contributed by atoms with E-state index in [1.807, 2.05) is 19.2 Å². The van der Waals surface area contributed by atoms with Crippen molar-refractivity contribution >= 4 is 18.2 Å². The molecule has 0 radical (unpaired) electrons. The summed E-state index contributed by atoms with van der Waals surface area (Å²) in [5.74, 6) is 0.554. The highest BCUT2D eigenvalue weighted by atomic mass is 35.5. The van der Waals surface area contributed by atoms with Crippen LogP contribution < -0.4 is 5.32 Å². The number of piperazine rings is 1. The fourth-order valence-electron chi connectivity index (χ4n) is 3.69. The van der Waals surface area contributed by atoms with Crippen LogP contribution in [-0.4, -0.2) is 38.9 Å². The summed E-state index contributed by atoms with van der Waals surface area (Å²) in [6, 6.07) is 9.12. The molecule has 2 aromatic heterocycles. The van der Waals surface area contributed by atoms with Gasteiger partial charge in [0, 0.05) is 43.6 Å². The minimum Gasteiger partial charge on any atom is -0.314 e. The monoisotopic (exact) mass is 375 g/mol. The number of hydrogen-bond donors (Lipinski definition) is 1. The van der Waals surface area contributed by atoms with E-state index < -0.39 is 0 Å². The lowest BCUT2D eigenvalue weighted by Crippen LogP contribution is -2.45. The third-order valence-electron chi connectivity index (χ3n) is 4.82. The highest BCUT2D eigenvalue weighted by Crippen LogP contribution is 2.25. The number of imidazole rings is 1. The van der Waals surface area contributed by atoms with Gasteiger partial charge in [-0.25, -0.2) is 14.4 Å². The average molecular weight is 376 g/mol. The van der Waals surface area contributed by atoms with E-state index in [0.29, 0.717) is 0 Å². The van der Waals surface area contributed by atoms with E-state index in [4.69, 9.17) is 0 Å². The van der Waals surface area contributed by atoms with Crippen LogP contribution in [0.15, 0.2) is 36.5 Å². The molecule has 0 amide bonds. The van der Waals surface area contributed by atoms with Crippen molar-refractivity contribution in [1.29, 1.82) is 0 Å². The molecular weight excluding hydrogens is 353 g/mol. The van der Waals surface area contributed by atoms with Crippen molar-refractivity contribution in [3.05, 3.63) is 65.0 Å². The number of halogens is 2. The lowest BCUT2D eigenvalue weighted by atomic mass is 10.0. The number of benzene rings is 1. The van der Waals surface area contributed by atoms with Gasteiger partial charge in [0.05, 0.1) is 11.9 Å². The van der Waals surface area contributed by atoms with Gasteiger partial charge in [0.15, 0.2) is 0 Å². The molecule has 3 aromatic rings. The molecule has 0 spiro atoms. The molecule has 138 valence electrons. The third-order valence-corrected chi connectivity index (χ3v) is 4.82. The Morgan fingerprint density at radius 2 is 2.12 bits per heavy atom. The molecule has 1 aliphatic rings. The van der Waals surface area contributed by atoms with Crippen LogP contribution in [0.2, 0.25) is 0 Å². The zero-order valence-corrected chi connectivity index (χ0v) is 15.8. The molecule has 1 aliphatic heterocycles. The topological polar surface area (TPSA) is 45.5 Å². The SMILES string of the molecule is Cc1cc(C)n2c(CN3CCNCC3c3cccc(F)c3)cnc2n1.Cl. The summed E-state index contributed by atoms with van der Waals surface area (Å²) in [7, 11) is 0.